The van der Waals surface area contributed by atoms with E-state index in [9.17, 15) is 4.79 Å². The Hall–Kier alpha value is -2.37. The molecule has 0 unspecified atom stereocenters. The molecule has 2 aromatic rings. The number of hydrogen-bond donors (Lipinski definition) is 3. The predicted molar refractivity (Wildman–Crippen MR) is 82.1 cm³/mol. The van der Waals surface area contributed by atoms with Crippen molar-refractivity contribution in [2.24, 2.45) is 0 Å². The van der Waals surface area contributed by atoms with Crippen molar-refractivity contribution in [2.45, 2.75) is 33.2 Å². The SMILES string of the molecule is Cc1cccc(C)c1N[C@H](C)C(=O)NCCc1cn[nH]n1. The molecule has 1 atom stereocenters. The van der Waals surface area contributed by atoms with Crippen LogP contribution in [0, 0.1) is 13.8 Å². The van der Waals surface area contributed by atoms with Gasteiger partial charge in [0.25, 0.3) is 0 Å². The molecule has 21 heavy (non-hydrogen) atoms. The standard InChI is InChI=1S/C15H21N5O/c1-10-5-4-6-11(2)14(10)18-12(3)15(21)16-8-7-13-9-17-20-19-13/h4-6,9,12,18H,7-8H2,1-3H3,(H,16,21)(H,17,19,20)/t12-/m1/s1. The molecule has 0 spiro atoms. The topological polar surface area (TPSA) is 82.7 Å². The van der Waals surface area contributed by atoms with Crippen molar-refractivity contribution in [1.29, 1.82) is 0 Å². The fourth-order valence-electron chi connectivity index (χ4n) is 2.14. The van der Waals surface area contributed by atoms with Gasteiger partial charge >= 0.3 is 0 Å². The van der Waals surface area contributed by atoms with Gasteiger partial charge in [0, 0.05) is 18.7 Å². The molecule has 0 saturated heterocycles. The highest BCUT2D eigenvalue weighted by Gasteiger charge is 2.14. The average Bonchev–Trinajstić information content (AvgIpc) is 2.96. The van der Waals surface area contributed by atoms with E-state index >= 15 is 0 Å². The van der Waals surface area contributed by atoms with E-state index in [0.717, 1.165) is 22.5 Å². The molecule has 3 N–H and O–H groups in total. The largest absolute Gasteiger partial charge is 0.373 e. The third-order valence-corrected chi connectivity index (χ3v) is 3.38. The van der Waals surface area contributed by atoms with Crippen LogP contribution in [0.5, 0.6) is 0 Å². The van der Waals surface area contributed by atoms with Crippen molar-refractivity contribution in [2.75, 3.05) is 11.9 Å². The average molecular weight is 287 g/mol. The number of rotatable bonds is 6. The summed E-state index contributed by atoms with van der Waals surface area (Å²) in [7, 11) is 0. The number of nitrogens with one attached hydrogen (secondary N) is 3. The van der Waals surface area contributed by atoms with Gasteiger partial charge in [-0.25, -0.2) is 0 Å². The zero-order chi connectivity index (χ0) is 15.2. The minimum absolute atomic E-state index is 0.0267. The maximum atomic E-state index is 12.1. The molecule has 1 amide bonds. The van der Waals surface area contributed by atoms with Crippen LogP contribution in [0.4, 0.5) is 5.69 Å². The Bertz CT molecular complexity index is 574. The Labute approximate surface area is 124 Å². The molecule has 112 valence electrons. The molecule has 0 aliphatic heterocycles. The van der Waals surface area contributed by atoms with Crippen molar-refractivity contribution in [3.05, 3.63) is 41.2 Å². The number of nitrogens with zero attached hydrogens (tertiary/aromatic N) is 2. The smallest absolute Gasteiger partial charge is 0.242 e. The third kappa shape index (κ3) is 4.05. The number of carbonyl (C=O) groups is 1. The van der Waals surface area contributed by atoms with E-state index in [1.165, 1.54) is 0 Å². The number of benzene rings is 1. The second kappa shape index (κ2) is 6.88. The summed E-state index contributed by atoms with van der Waals surface area (Å²) in [6, 6.07) is 5.79. The molecule has 0 aliphatic rings. The Morgan fingerprint density at radius 1 is 1.33 bits per heavy atom. The fraction of sp³-hybridized carbons (Fsp3) is 0.400. The van der Waals surface area contributed by atoms with Gasteiger partial charge in [-0.1, -0.05) is 18.2 Å². The number of anilines is 1. The van der Waals surface area contributed by atoms with Crippen LogP contribution in [-0.2, 0) is 11.2 Å². The van der Waals surface area contributed by atoms with Gasteiger partial charge in [-0.2, -0.15) is 15.4 Å². The van der Waals surface area contributed by atoms with Crippen LogP contribution in [0.25, 0.3) is 0 Å². The summed E-state index contributed by atoms with van der Waals surface area (Å²) < 4.78 is 0. The van der Waals surface area contributed by atoms with E-state index in [2.05, 4.69) is 26.0 Å². The van der Waals surface area contributed by atoms with Crippen LogP contribution < -0.4 is 10.6 Å². The molecular weight excluding hydrogens is 266 g/mol. The number of aromatic nitrogens is 3. The van der Waals surface area contributed by atoms with Crippen molar-refractivity contribution < 1.29 is 4.79 Å². The van der Waals surface area contributed by atoms with Gasteiger partial charge in [0.2, 0.25) is 5.91 Å². The van der Waals surface area contributed by atoms with Crippen LogP contribution in [0.15, 0.2) is 24.4 Å². The van der Waals surface area contributed by atoms with Gasteiger partial charge in [0.15, 0.2) is 0 Å². The van der Waals surface area contributed by atoms with E-state index < -0.39 is 0 Å². The van der Waals surface area contributed by atoms with Crippen LogP contribution in [0.3, 0.4) is 0 Å². The minimum Gasteiger partial charge on any atom is -0.373 e. The molecule has 0 bridgehead atoms. The Kier molecular flexibility index (Phi) is 4.92. The number of hydrogen-bond acceptors (Lipinski definition) is 4. The van der Waals surface area contributed by atoms with E-state index in [4.69, 9.17) is 0 Å². The molecule has 1 heterocycles. The van der Waals surface area contributed by atoms with Gasteiger partial charge < -0.3 is 10.6 Å². The number of aromatic amines is 1. The molecule has 0 fully saturated rings. The summed E-state index contributed by atoms with van der Waals surface area (Å²) in [6.45, 7) is 6.47. The lowest BCUT2D eigenvalue weighted by atomic mass is 10.1. The summed E-state index contributed by atoms with van der Waals surface area (Å²) >= 11 is 0. The van der Waals surface area contributed by atoms with E-state index in [0.29, 0.717) is 13.0 Å². The van der Waals surface area contributed by atoms with Crippen LogP contribution in [0.2, 0.25) is 0 Å². The van der Waals surface area contributed by atoms with Gasteiger partial charge in [0.1, 0.15) is 6.04 Å². The molecule has 1 aromatic heterocycles. The quantitative estimate of drug-likeness (QED) is 0.753. The van der Waals surface area contributed by atoms with Crippen molar-refractivity contribution in [3.63, 3.8) is 0 Å². The number of aryl methyl sites for hydroxylation is 2. The number of carbonyl (C=O) groups excluding carboxylic acids is 1. The van der Waals surface area contributed by atoms with Gasteiger partial charge in [-0.15, -0.1) is 0 Å². The van der Waals surface area contributed by atoms with Crippen molar-refractivity contribution in [1.82, 2.24) is 20.7 Å². The lowest BCUT2D eigenvalue weighted by Gasteiger charge is -2.18. The Morgan fingerprint density at radius 2 is 2.05 bits per heavy atom. The number of para-hydroxylation sites is 1. The molecular formula is C15H21N5O. The summed E-state index contributed by atoms with van der Waals surface area (Å²) in [5.74, 6) is -0.0267. The highest BCUT2D eigenvalue weighted by Crippen LogP contribution is 2.20. The van der Waals surface area contributed by atoms with E-state index in [1.54, 1.807) is 6.20 Å². The van der Waals surface area contributed by atoms with Gasteiger partial charge in [-0.3, -0.25) is 4.79 Å². The lowest BCUT2D eigenvalue weighted by Crippen LogP contribution is -2.38. The monoisotopic (exact) mass is 287 g/mol. The molecule has 6 nitrogen and oxygen atoms in total. The van der Waals surface area contributed by atoms with E-state index in [-0.39, 0.29) is 11.9 Å². The van der Waals surface area contributed by atoms with Gasteiger partial charge in [0.05, 0.1) is 11.9 Å². The number of amides is 1. The first-order valence-electron chi connectivity index (χ1n) is 7.03. The zero-order valence-electron chi connectivity index (χ0n) is 12.6. The molecule has 2 rings (SSSR count). The fourth-order valence-corrected chi connectivity index (χ4v) is 2.14. The highest BCUT2D eigenvalue weighted by atomic mass is 16.2. The highest BCUT2D eigenvalue weighted by molar-refractivity contribution is 5.84. The normalized spacial score (nSPS) is 12.0. The second-order valence-corrected chi connectivity index (χ2v) is 5.14. The lowest BCUT2D eigenvalue weighted by molar-refractivity contribution is -0.121. The maximum absolute atomic E-state index is 12.1. The molecule has 0 radical (unpaired) electrons. The molecule has 0 aliphatic carbocycles. The first-order chi connectivity index (χ1) is 10.1. The van der Waals surface area contributed by atoms with Crippen molar-refractivity contribution >= 4 is 11.6 Å². The van der Waals surface area contributed by atoms with E-state index in [1.807, 2.05) is 39.0 Å². The summed E-state index contributed by atoms with van der Waals surface area (Å²) in [6.07, 6.45) is 2.32. The second-order valence-electron chi connectivity index (χ2n) is 5.14. The van der Waals surface area contributed by atoms with Crippen LogP contribution in [0.1, 0.15) is 23.7 Å². The molecule has 1 aromatic carbocycles. The zero-order valence-corrected chi connectivity index (χ0v) is 12.6. The first kappa shape index (κ1) is 15.0. The van der Waals surface area contributed by atoms with Crippen LogP contribution >= 0.6 is 0 Å². The van der Waals surface area contributed by atoms with Crippen molar-refractivity contribution in [3.8, 4) is 0 Å². The molecule has 6 heteroatoms. The Balaban J connectivity index is 1.85. The summed E-state index contributed by atoms with van der Waals surface area (Å²) in [5, 5.41) is 16.4. The third-order valence-electron chi connectivity index (χ3n) is 3.38. The maximum Gasteiger partial charge on any atom is 0.242 e. The van der Waals surface area contributed by atoms with Crippen LogP contribution in [-0.4, -0.2) is 33.9 Å². The minimum atomic E-state index is -0.290. The number of H-pyrrole nitrogens is 1. The summed E-state index contributed by atoms with van der Waals surface area (Å²) in [4.78, 5) is 12.1. The summed E-state index contributed by atoms with van der Waals surface area (Å²) in [5.41, 5.74) is 4.14. The molecule has 0 saturated carbocycles. The predicted octanol–water partition coefficient (Wildman–Crippen LogP) is 1.58. The van der Waals surface area contributed by atoms with Gasteiger partial charge in [-0.05, 0) is 31.9 Å². The Morgan fingerprint density at radius 3 is 2.67 bits per heavy atom. The first-order valence-corrected chi connectivity index (χ1v) is 7.03.